The maximum absolute atomic E-state index is 10.8. The fourth-order valence-electron chi connectivity index (χ4n) is 1.54. The Bertz CT molecular complexity index is 178. The molecule has 1 aliphatic heterocycles. The van der Waals surface area contributed by atoms with Gasteiger partial charge in [0.2, 0.25) is 0 Å². The second kappa shape index (κ2) is 6.30. The molecule has 0 aromatic rings. The van der Waals surface area contributed by atoms with Crippen molar-refractivity contribution in [1.82, 2.24) is 0 Å². The summed E-state index contributed by atoms with van der Waals surface area (Å²) in [5.41, 5.74) is 0. The monoisotopic (exact) mass is 218 g/mol. The number of ether oxygens (including phenoxy) is 1. The minimum absolute atomic E-state index is 0.246. The van der Waals surface area contributed by atoms with E-state index < -0.39 is 5.97 Å². The smallest absolute Gasteiger partial charge is 0.316 e. The second-order valence-corrected chi connectivity index (χ2v) is 4.82. The number of hydrogen-bond donors (Lipinski definition) is 1. The Morgan fingerprint density at radius 1 is 1.71 bits per heavy atom. The summed E-state index contributed by atoms with van der Waals surface area (Å²) in [5, 5.41) is 8.67. The highest BCUT2D eigenvalue weighted by Gasteiger charge is 2.21. The molecule has 0 bridgehead atoms. The van der Waals surface area contributed by atoms with Gasteiger partial charge in [0, 0.05) is 12.4 Å². The molecular weight excluding hydrogens is 200 g/mol. The lowest BCUT2D eigenvalue weighted by molar-refractivity contribution is -0.136. The average molecular weight is 218 g/mol. The number of hydrogen-bond acceptors (Lipinski definition) is 3. The molecule has 14 heavy (non-hydrogen) atoms. The molecule has 1 N–H and O–H groups in total. The van der Waals surface area contributed by atoms with Crippen LogP contribution >= 0.6 is 11.8 Å². The third-order valence-corrected chi connectivity index (χ3v) is 3.74. The second-order valence-electron chi connectivity index (χ2n) is 3.58. The molecule has 1 heterocycles. The Morgan fingerprint density at radius 3 is 3.00 bits per heavy atom. The molecule has 0 aromatic heterocycles. The Balaban J connectivity index is 2.21. The van der Waals surface area contributed by atoms with E-state index >= 15 is 0 Å². The van der Waals surface area contributed by atoms with Crippen molar-refractivity contribution in [2.45, 2.75) is 44.0 Å². The van der Waals surface area contributed by atoms with Crippen LogP contribution in [0.4, 0.5) is 0 Å². The van der Waals surface area contributed by atoms with Crippen LogP contribution in [-0.4, -0.2) is 34.8 Å². The SMILES string of the molecule is CCCC(SCC1CCCO1)C(=O)O. The molecule has 1 aliphatic rings. The predicted octanol–water partition coefficient (Wildman–Crippen LogP) is 2.15. The van der Waals surface area contributed by atoms with E-state index in [1.807, 2.05) is 6.92 Å². The minimum atomic E-state index is -0.685. The van der Waals surface area contributed by atoms with Crippen molar-refractivity contribution in [3.05, 3.63) is 0 Å². The van der Waals surface area contributed by atoms with Crippen LogP contribution in [0.2, 0.25) is 0 Å². The summed E-state index contributed by atoms with van der Waals surface area (Å²) < 4.78 is 5.45. The fourth-order valence-corrected chi connectivity index (χ4v) is 2.79. The van der Waals surface area contributed by atoms with Crippen LogP contribution in [-0.2, 0) is 9.53 Å². The molecule has 0 spiro atoms. The fraction of sp³-hybridized carbons (Fsp3) is 0.900. The molecule has 0 radical (unpaired) electrons. The summed E-state index contributed by atoms with van der Waals surface area (Å²) in [4.78, 5) is 10.8. The highest BCUT2D eigenvalue weighted by Crippen LogP contribution is 2.22. The number of rotatable bonds is 6. The van der Waals surface area contributed by atoms with E-state index in [0.29, 0.717) is 6.10 Å². The molecular formula is C10H18O3S. The van der Waals surface area contributed by atoms with Crippen LogP contribution in [0.15, 0.2) is 0 Å². The van der Waals surface area contributed by atoms with Gasteiger partial charge in [-0.25, -0.2) is 0 Å². The first-order valence-corrected chi connectivity index (χ1v) is 6.25. The van der Waals surface area contributed by atoms with Gasteiger partial charge >= 0.3 is 5.97 Å². The summed E-state index contributed by atoms with van der Waals surface area (Å²) in [7, 11) is 0. The van der Waals surface area contributed by atoms with E-state index in [0.717, 1.165) is 38.0 Å². The summed E-state index contributed by atoms with van der Waals surface area (Å²) >= 11 is 1.53. The molecule has 2 atom stereocenters. The first kappa shape index (κ1) is 11.9. The molecule has 82 valence electrons. The number of aliphatic carboxylic acids is 1. The van der Waals surface area contributed by atoms with Crippen molar-refractivity contribution >= 4 is 17.7 Å². The van der Waals surface area contributed by atoms with Crippen LogP contribution in [0.5, 0.6) is 0 Å². The normalized spacial score (nSPS) is 23.6. The van der Waals surface area contributed by atoms with Gasteiger partial charge in [-0.2, -0.15) is 0 Å². The summed E-state index contributed by atoms with van der Waals surface area (Å²) in [5.74, 6) is 0.145. The molecule has 3 nitrogen and oxygen atoms in total. The van der Waals surface area contributed by atoms with Crippen molar-refractivity contribution in [2.24, 2.45) is 0 Å². The van der Waals surface area contributed by atoms with Gasteiger partial charge in [-0.3, -0.25) is 4.79 Å². The lowest BCUT2D eigenvalue weighted by atomic mass is 10.2. The zero-order valence-corrected chi connectivity index (χ0v) is 9.39. The van der Waals surface area contributed by atoms with Gasteiger partial charge in [0.05, 0.1) is 6.10 Å². The maximum atomic E-state index is 10.8. The number of thioether (sulfide) groups is 1. The van der Waals surface area contributed by atoms with Crippen LogP contribution in [0.25, 0.3) is 0 Å². The first-order valence-electron chi connectivity index (χ1n) is 5.20. The maximum Gasteiger partial charge on any atom is 0.316 e. The predicted molar refractivity (Wildman–Crippen MR) is 57.8 cm³/mol. The van der Waals surface area contributed by atoms with E-state index in [1.165, 1.54) is 11.8 Å². The van der Waals surface area contributed by atoms with Gasteiger partial charge in [0.1, 0.15) is 5.25 Å². The summed E-state index contributed by atoms with van der Waals surface area (Å²) in [6.45, 7) is 2.86. The number of carboxylic acids is 1. The van der Waals surface area contributed by atoms with Crippen molar-refractivity contribution < 1.29 is 14.6 Å². The van der Waals surface area contributed by atoms with Crippen LogP contribution in [0, 0.1) is 0 Å². The van der Waals surface area contributed by atoms with Gasteiger partial charge < -0.3 is 9.84 Å². The van der Waals surface area contributed by atoms with E-state index in [2.05, 4.69) is 0 Å². The summed E-state index contributed by atoms with van der Waals surface area (Å²) in [6.07, 6.45) is 4.18. The van der Waals surface area contributed by atoms with Crippen molar-refractivity contribution in [3.63, 3.8) is 0 Å². The molecule has 1 rings (SSSR count). The first-order chi connectivity index (χ1) is 6.74. The zero-order valence-electron chi connectivity index (χ0n) is 8.57. The third-order valence-electron chi connectivity index (χ3n) is 2.33. The third kappa shape index (κ3) is 3.88. The Kier molecular flexibility index (Phi) is 5.33. The molecule has 1 fully saturated rings. The van der Waals surface area contributed by atoms with Crippen LogP contribution in [0.1, 0.15) is 32.6 Å². The molecule has 2 unspecified atom stereocenters. The molecule has 1 saturated heterocycles. The largest absolute Gasteiger partial charge is 0.480 e. The lowest BCUT2D eigenvalue weighted by Crippen LogP contribution is -2.19. The van der Waals surface area contributed by atoms with Gasteiger partial charge in [0.15, 0.2) is 0 Å². The Hall–Kier alpha value is -0.220. The quantitative estimate of drug-likeness (QED) is 0.742. The van der Waals surface area contributed by atoms with Crippen molar-refractivity contribution in [2.75, 3.05) is 12.4 Å². The topological polar surface area (TPSA) is 46.5 Å². The van der Waals surface area contributed by atoms with E-state index in [4.69, 9.17) is 9.84 Å². The number of carboxylic acid groups (broad SMARTS) is 1. The van der Waals surface area contributed by atoms with Gasteiger partial charge in [-0.15, -0.1) is 11.8 Å². The average Bonchev–Trinajstić information content (AvgIpc) is 2.64. The Morgan fingerprint density at radius 2 is 2.50 bits per heavy atom. The van der Waals surface area contributed by atoms with E-state index in [9.17, 15) is 4.79 Å². The highest BCUT2D eigenvalue weighted by atomic mass is 32.2. The molecule has 0 aliphatic carbocycles. The molecule has 0 aromatic carbocycles. The van der Waals surface area contributed by atoms with Gasteiger partial charge in [-0.05, 0) is 19.3 Å². The van der Waals surface area contributed by atoms with Crippen molar-refractivity contribution in [3.8, 4) is 0 Å². The molecule has 0 saturated carbocycles. The van der Waals surface area contributed by atoms with Gasteiger partial charge in [-0.1, -0.05) is 13.3 Å². The molecule has 4 heteroatoms. The number of carbonyl (C=O) groups is 1. The molecule has 0 amide bonds. The minimum Gasteiger partial charge on any atom is -0.480 e. The summed E-state index contributed by atoms with van der Waals surface area (Å²) in [6, 6.07) is 0. The van der Waals surface area contributed by atoms with E-state index in [1.54, 1.807) is 0 Å². The highest BCUT2D eigenvalue weighted by molar-refractivity contribution is 8.00. The van der Waals surface area contributed by atoms with E-state index in [-0.39, 0.29) is 5.25 Å². The van der Waals surface area contributed by atoms with Crippen LogP contribution < -0.4 is 0 Å². The van der Waals surface area contributed by atoms with Crippen LogP contribution in [0.3, 0.4) is 0 Å². The Labute approximate surface area is 89.2 Å². The standard InChI is InChI=1S/C10H18O3S/c1-2-4-9(10(11)12)14-7-8-5-3-6-13-8/h8-9H,2-7H2,1H3,(H,11,12). The zero-order chi connectivity index (χ0) is 10.4. The van der Waals surface area contributed by atoms with Gasteiger partial charge in [0.25, 0.3) is 0 Å². The lowest BCUT2D eigenvalue weighted by Gasteiger charge is -2.13. The van der Waals surface area contributed by atoms with Crippen molar-refractivity contribution in [1.29, 1.82) is 0 Å².